The Morgan fingerprint density at radius 1 is 1.37 bits per heavy atom. The molecule has 19 heavy (non-hydrogen) atoms. The molecule has 6 heteroatoms. The number of nitrogens with zero attached hydrogens (tertiary/aromatic N) is 1. The molecule has 5 nitrogen and oxygen atoms in total. The summed E-state index contributed by atoms with van der Waals surface area (Å²) in [6.07, 6.45) is -0.711. The van der Waals surface area contributed by atoms with Gasteiger partial charge in [-0.15, -0.1) is 0 Å². The summed E-state index contributed by atoms with van der Waals surface area (Å²) in [4.78, 5) is 23.8. The summed E-state index contributed by atoms with van der Waals surface area (Å²) in [5.74, 6) is -1.49. The molecule has 0 aromatic heterocycles. The first-order chi connectivity index (χ1) is 9.06. The first kappa shape index (κ1) is 13.8. The van der Waals surface area contributed by atoms with E-state index in [4.69, 9.17) is 21.4 Å². The number of hydrogen-bond donors (Lipinski definition) is 1. The summed E-state index contributed by atoms with van der Waals surface area (Å²) < 4.78 is 5.60. The fraction of sp³-hybridized carbons (Fsp3) is 0.385. The lowest BCUT2D eigenvalue weighted by Gasteiger charge is -2.33. The molecule has 1 unspecified atom stereocenters. The normalized spacial score (nSPS) is 19.2. The number of benzene rings is 1. The van der Waals surface area contributed by atoms with Gasteiger partial charge in [0.2, 0.25) is 5.91 Å². The molecule has 1 saturated heterocycles. The van der Waals surface area contributed by atoms with Crippen LogP contribution in [0.1, 0.15) is 18.1 Å². The van der Waals surface area contributed by atoms with E-state index < -0.39 is 12.4 Å². The molecule has 0 aliphatic carbocycles. The molecular weight excluding hydrogens is 270 g/mol. The zero-order chi connectivity index (χ0) is 13.8. The maximum absolute atomic E-state index is 11.7. The molecule has 1 heterocycles. The fourth-order valence-electron chi connectivity index (χ4n) is 2.00. The van der Waals surface area contributed by atoms with E-state index in [1.54, 1.807) is 12.1 Å². The van der Waals surface area contributed by atoms with E-state index in [9.17, 15) is 9.59 Å². The molecule has 1 aromatic rings. The Kier molecular flexibility index (Phi) is 4.39. The Morgan fingerprint density at radius 2 is 2.05 bits per heavy atom. The van der Waals surface area contributed by atoms with Crippen molar-refractivity contribution in [2.45, 2.75) is 12.5 Å². The zero-order valence-electron chi connectivity index (χ0n) is 10.2. The quantitative estimate of drug-likeness (QED) is 0.858. The molecule has 2 rings (SSSR count). The van der Waals surface area contributed by atoms with Crippen molar-refractivity contribution in [2.24, 2.45) is 0 Å². The maximum atomic E-state index is 11.7. The van der Waals surface area contributed by atoms with E-state index in [2.05, 4.69) is 0 Å². The van der Waals surface area contributed by atoms with Crippen molar-refractivity contribution in [1.29, 1.82) is 0 Å². The van der Waals surface area contributed by atoms with Crippen molar-refractivity contribution < 1.29 is 19.4 Å². The van der Waals surface area contributed by atoms with Gasteiger partial charge in [0, 0.05) is 11.6 Å². The van der Waals surface area contributed by atoms with Crippen LogP contribution in [-0.4, -0.2) is 41.6 Å². The minimum Gasteiger partial charge on any atom is -0.481 e. The first-order valence-corrected chi connectivity index (χ1v) is 6.30. The minimum atomic E-state index is -1.11. The summed E-state index contributed by atoms with van der Waals surface area (Å²) in [6, 6.07) is 7.22. The number of ether oxygens (including phenoxy) is 1. The van der Waals surface area contributed by atoms with Gasteiger partial charge in [-0.3, -0.25) is 9.59 Å². The van der Waals surface area contributed by atoms with Crippen LogP contribution in [0.3, 0.4) is 0 Å². The Labute approximate surface area is 115 Å². The van der Waals surface area contributed by atoms with Crippen LogP contribution in [0, 0.1) is 0 Å². The highest BCUT2D eigenvalue weighted by atomic mass is 35.5. The van der Waals surface area contributed by atoms with Crippen LogP contribution in [0.5, 0.6) is 0 Å². The monoisotopic (exact) mass is 283 g/mol. The van der Waals surface area contributed by atoms with Crippen molar-refractivity contribution in [2.75, 3.05) is 19.7 Å². The van der Waals surface area contributed by atoms with E-state index >= 15 is 0 Å². The van der Waals surface area contributed by atoms with Crippen LogP contribution in [0.4, 0.5) is 0 Å². The largest absolute Gasteiger partial charge is 0.481 e. The average molecular weight is 284 g/mol. The molecular formula is C13H14ClNO4. The molecule has 1 aliphatic heterocycles. The average Bonchev–Trinajstić information content (AvgIpc) is 2.39. The van der Waals surface area contributed by atoms with Crippen LogP contribution in [0.25, 0.3) is 0 Å². The minimum absolute atomic E-state index is 0.233. The third-order valence-electron chi connectivity index (χ3n) is 2.96. The number of amides is 1. The molecule has 0 bridgehead atoms. The zero-order valence-corrected chi connectivity index (χ0v) is 11.0. The van der Waals surface area contributed by atoms with E-state index in [0.29, 0.717) is 24.7 Å². The molecule has 1 atom stereocenters. The van der Waals surface area contributed by atoms with Crippen molar-refractivity contribution in [3.8, 4) is 0 Å². The van der Waals surface area contributed by atoms with Gasteiger partial charge in [0.25, 0.3) is 0 Å². The van der Waals surface area contributed by atoms with Crippen LogP contribution < -0.4 is 0 Å². The first-order valence-electron chi connectivity index (χ1n) is 5.93. The molecule has 102 valence electrons. The third kappa shape index (κ3) is 3.68. The number of carbonyl (C=O) groups is 2. The molecule has 0 radical (unpaired) electrons. The summed E-state index contributed by atoms with van der Waals surface area (Å²) in [5, 5.41) is 9.27. The molecule has 1 aromatic carbocycles. The number of carboxylic acids is 1. The molecule has 0 spiro atoms. The van der Waals surface area contributed by atoms with Gasteiger partial charge in [0.05, 0.1) is 13.2 Å². The van der Waals surface area contributed by atoms with Gasteiger partial charge in [-0.05, 0) is 17.7 Å². The molecule has 1 amide bonds. The summed E-state index contributed by atoms with van der Waals surface area (Å²) >= 11 is 5.82. The van der Waals surface area contributed by atoms with Crippen LogP contribution >= 0.6 is 11.6 Å². The SMILES string of the molecule is O=C(O)CC(=O)N1CCOC(c2ccc(Cl)cc2)C1. The highest BCUT2D eigenvalue weighted by molar-refractivity contribution is 6.30. The summed E-state index contributed by atoms with van der Waals surface area (Å²) in [6.45, 7) is 1.20. The summed E-state index contributed by atoms with van der Waals surface area (Å²) in [5.41, 5.74) is 0.928. The van der Waals surface area contributed by atoms with E-state index in [0.717, 1.165) is 5.56 Å². The number of rotatable bonds is 3. The van der Waals surface area contributed by atoms with Gasteiger partial charge >= 0.3 is 5.97 Å². The predicted molar refractivity (Wildman–Crippen MR) is 69.0 cm³/mol. The summed E-state index contributed by atoms with van der Waals surface area (Å²) in [7, 11) is 0. The van der Waals surface area contributed by atoms with Crippen LogP contribution in [0.2, 0.25) is 5.02 Å². The Morgan fingerprint density at radius 3 is 2.68 bits per heavy atom. The Balaban J connectivity index is 2.02. The van der Waals surface area contributed by atoms with Crippen molar-refractivity contribution >= 4 is 23.5 Å². The second-order valence-corrected chi connectivity index (χ2v) is 4.76. The second kappa shape index (κ2) is 6.04. The van der Waals surface area contributed by atoms with Gasteiger partial charge in [-0.1, -0.05) is 23.7 Å². The van der Waals surface area contributed by atoms with Gasteiger partial charge in [0.15, 0.2) is 0 Å². The van der Waals surface area contributed by atoms with Gasteiger partial charge < -0.3 is 14.7 Å². The number of aliphatic carboxylic acids is 1. The van der Waals surface area contributed by atoms with Gasteiger partial charge in [-0.2, -0.15) is 0 Å². The van der Waals surface area contributed by atoms with E-state index in [1.165, 1.54) is 4.90 Å². The van der Waals surface area contributed by atoms with E-state index in [-0.39, 0.29) is 12.0 Å². The highest BCUT2D eigenvalue weighted by Crippen LogP contribution is 2.23. The van der Waals surface area contributed by atoms with E-state index in [1.807, 2.05) is 12.1 Å². The Hall–Kier alpha value is -1.59. The third-order valence-corrected chi connectivity index (χ3v) is 3.22. The van der Waals surface area contributed by atoms with Crippen LogP contribution in [-0.2, 0) is 14.3 Å². The molecule has 0 saturated carbocycles. The second-order valence-electron chi connectivity index (χ2n) is 4.32. The maximum Gasteiger partial charge on any atom is 0.312 e. The number of carbonyl (C=O) groups excluding carboxylic acids is 1. The molecule has 1 fully saturated rings. The van der Waals surface area contributed by atoms with Crippen LogP contribution in [0.15, 0.2) is 24.3 Å². The Bertz CT molecular complexity index is 474. The standard InChI is InChI=1S/C13H14ClNO4/c14-10-3-1-9(2-4-10)11-8-15(5-6-19-11)12(16)7-13(17)18/h1-4,11H,5-8H2,(H,17,18). The fourth-order valence-corrected chi connectivity index (χ4v) is 2.12. The number of halogens is 1. The van der Waals surface area contributed by atoms with Crippen molar-refractivity contribution in [3.05, 3.63) is 34.9 Å². The van der Waals surface area contributed by atoms with Gasteiger partial charge in [0.1, 0.15) is 12.5 Å². The van der Waals surface area contributed by atoms with Crippen molar-refractivity contribution in [3.63, 3.8) is 0 Å². The number of hydrogen-bond acceptors (Lipinski definition) is 3. The topological polar surface area (TPSA) is 66.8 Å². The number of morpholine rings is 1. The highest BCUT2D eigenvalue weighted by Gasteiger charge is 2.26. The predicted octanol–water partition coefficient (Wildman–Crippen LogP) is 1.71. The lowest BCUT2D eigenvalue weighted by atomic mass is 10.1. The van der Waals surface area contributed by atoms with Gasteiger partial charge in [-0.25, -0.2) is 0 Å². The lowest BCUT2D eigenvalue weighted by molar-refractivity contribution is -0.148. The van der Waals surface area contributed by atoms with Crippen molar-refractivity contribution in [1.82, 2.24) is 4.90 Å². The lowest BCUT2D eigenvalue weighted by Crippen LogP contribution is -2.42. The molecule has 1 aliphatic rings. The smallest absolute Gasteiger partial charge is 0.312 e. The number of carboxylic acid groups (broad SMARTS) is 1. The molecule has 1 N–H and O–H groups in total.